The second kappa shape index (κ2) is 68.4. The van der Waals surface area contributed by atoms with E-state index in [1.807, 2.05) is 0 Å². The quantitative estimate of drug-likeness (QED) is 0.0261. The molecule has 1 atom stereocenters. The van der Waals surface area contributed by atoms with Gasteiger partial charge in [-0.3, -0.25) is 14.4 Å². The lowest BCUT2D eigenvalue weighted by molar-refractivity contribution is -0.167. The Morgan fingerprint density at radius 1 is 0.241 bits per heavy atom. The molecule has 6 nitrogen and oxygen atoms in total. The van der Waals surface area contributed by atoms with Crippen LogP contribution in [0.5, 0.6) is 0 Å². The minimum Gasteiger partial charge on any atom is -0.462 e. The number of rotatable bonds is 67. The highest BCUT2D eigenvalue weighted by molar-refractivity contribution is 5.71. The topological polar surface area (TPSA) is 78.9 Å². The first-order valence-electron chi connectivity index (χ1n) is 35.8. The molecular formula is C73H138O6. The maximum atomic E-state index is 12.9. The van der Waals surface area contributed by atoms with Crippen molar-refractivity contribution in [1.29, 1.82) is 0 Å². The van der Waals surface area contributed by atoms with E-state index in [-0.39, 0.29) is 31.1 Å². The molecule has 0 aliphatic rings. The number of hydrogen-bond acceptors (Lipinski definition) is 6. The standard InChI is InChI=1S/C73H138O6/c1-4-7-10-13-16-19-21-23-25-27-29-30-31-32-33-34-35-36-37-38-39-40-41-42-44-45-47-49-51-54-57-60-63-66-72(75)78-69-70(68-77-71(74)65-62-59-56-53-18-15-12-9-6-3)79-73(76)67-64-61-58-55-52-50-48-46-43-28-26-24-22-20-17-14-11-8-5-2/h24,26-27,29,70H,4-23,25,28,30-69H2,1-3H3/b26-24-,29-27-. The first kappa shape index (κ1) is 76.9. The summed E-state index contributed by atoms with van der Waals surface area (Å²) >= 11 is 0. The lowest BCUT2D eigenvalue weighted by Crippen LogP contribution is -2.30. The van der Waals surface area contributed by atoms with Crippen molar-refractivity contribution in [2.24, 2.45) is 0 Å². The third kappa shape index (κ3) is 66.6. The Balaban J connectivity index is 4.01. The van der Waals surface area contributed by atoms with Gasteiger partial charge < -0.3 is 14.2 Å². The number of carbonyl (C=O) groups is 3. The number of esters is 3. The summed E-state index contributed by atoms with van der Waals surface area (Å²) in [6.07, 6.45) is 83.8. The minimum atomic E-state index is -0.767. The van der Waals surface area contributed by atoms with Gasteiger partial charge in [-0.05, 0) is 70.6 Å². The van der Waals surface area contributed by atoms with Crippen molar-refractivity contribution in [2.75, 3.05) is 13.2 Å². The average Bonchev–Trinajstić information content (AvgIpc) is 3.45. The van der Waals surface area contributed by atoms with Crippen LogP contribution in [0.3, 0.4) is 0 Å². The van der Waals surface area contributed by atoms with E-state index in [0.29, 0.717) is 19.3 Å². The number of carbonyl (C=O) groups excluding carboxylic acids is 3. The molecule has 0 amide bonds. The first-order chi connectivity index (χ1) is 39.0. The van der Waals surface area contributed by atoms with Gasteiger partial charge in [0.15, 0.2) is 6.10 Å². The molecule has 0 N–H and O–H groups in total. The van der Waals surface area contributed by atoms with Gasteiger partial charge in [-0.1, -0.05) is 340 Å². The molecule has 0 spiro atoms. The van der Waals surface area contributed by atoms with Crippen molar-refractivity contribution in [2.45, 2.75) is 412 Å². The van der Waals surface area contributed by atoms with Gasteiger partial charge in [-0.15, -0.1) is 0 Å². The van der Waals surface area contributed by atoms with Crippen molar-refractivity contribution >= 4 is 17.9 Å². The summed E-state index contributed by atoms with van der Waals surface area (Å²) < 4.78 is 16.9. The summed E-state index contributed by atoms with van der Waals surface area (Å²) in [5.41, 5.74) is 0. The van der Waals surface area contributed by atoms with Crippen LogP contribution in [-0.2, 0) is 28.6 Å². The van der Waals surface area contributed by atoms with Gasteiger partial charge in [0.2, 0.25) is 0 Å². The second-order valence-electron chi connectivity index (χ2n) is 24.5. The molecule has 6 heteroatoms. The summed E-state index contributed by atoms with van der Waals surface area (Å²) in [5.74, 6) is -0.842. The van der Waals surface area contributed by atoms with Crippen LogP contribution in [0, 0.1) is 0 Å². The van der Waals surface area contributed by atoms with Crippen LogP contribution in [0.4, 0.5) is 0 Å². The molecule has 0 aromatic heterocycles. The van der Waals surface area contributed by atoms with E-state index in [4.69, 9.17) is 14.2 Å². The molecule has 0 aliphatic carbocycles. The van der Waals surface area contributed by atoms with Crippen molar-refractivity contribution < 1.29 is 28.6 Å². The predicted molar refractivity (Wildman–Crippen MR) is 344 cm³/mol. The fourth-order valence-electron chi connectivity index (χ4n) is 11.0. The van der Waals surface area contributed by atoms with Gasteiger partial charge >= 0.3 is 17.9 Å². The number of allylic oxidation sites excluding steroid dienone is 4. The SMILES string of the molecule is CCCCCCCC/C=C\CCCCCCCCCCCC(=O)OC(COC(=O)CCCCCCCCCCC)COC(=O)CCCCCCCCCCCCCCCCCCCCCCC/C=C\CCCCCCCCCC. The maximum Gasteiger partial charge on any atom is 0.306 e. The van der Waals surface area contributed by atoms with Crippen molar-refractivity contribution in [3.8, 4) is 0 Å². The highest BCUT2D eigenvalue weighted by Crippen LogP contribution is 2.19. The third-order valence-electron chi connectivity index (χ3n) is 16.4. The molecule has 0 rings (SSSR count). The highest BCUT2D eigenvalue weighted by Gasteiger charge is 2.19. The van der Waals surface area contributed by atoms with Gasteiger partial charge in [0.1, 0.15) is 13.2 Å². The highest BCUT2D eigenvalue weighted by atomic mass is 16.6. The lowest BCUT2D eigenvalue weighted by atomic mass is 10.0. The van der Waals surface area contributed by atoms with Crippen LogP contribution in [0.1, 0.15) is 406 Å². The van der Waals surface area contributed by atoms with Gasteiger partial charge in [0, 0.05) is 19.3 Å². The van der Waals surface area contributed by atoms with Gasteiger partial charge in [0.25, 0.3) is 0 Å². The Morgan fingerprint density at radius 2 is 0.418 bits per heavy atom. The zero-order valence-electron chi connectivity index (χ0n) is 53.7. The number of ether oxygens (including phenoxy) is 3. The second-order valence-corrected chi connectivity index (χ2v) is 24.5. The maximum absolute atomic E-state index is 12.9. The molecule has 0 radical (unpaired) electrons. The van der Waals surface area contributed by atoms with Crippen LogP contribution in [-0.4, -0.2) is 37.2 Å². The summed E-state index contributed by atoms with van der Waals surface area (Å²) in [6, 6.07) is 0. The van der Waals surface area contributed by atoms with E-state index >= 15 is 0 Å². The van der Waals surface area contributed by atoms with E-state index in [0.717, 1.165) is 57.8 Å². The first-order valence-corrected chi connectivity index (χ1v) is 35.8. The molecule has 466 valence electrons. The smallest absolute Gasteiger partial charge is 0.306 e. The van der Waals surface area contributed by atoms with E-state index in [1.54, 1.807) is 0 Å². The summed E-state index contributed by atoms with van der Waals surface area (Å²) in [5, 5.41) is 0. The lowest BCUT2D eigenvalue weighted by Gasteiger charge is -2.18. The number of unbranched alkanes of at least 4 members (excludes halogenated alkanes) is 52. The zero-order chi connectivity index (χ0) is 57.1. The molecular weight excluding hydrogens is 973 g/mol. The minimum absolute atomic E-state index is 0.0658. The van der Waals surface area contributed by atoms with Gasteiger partial charge in [-0.25, -0.2) is 0 Å². The summed E-state index contributed by atoms with van der Waals surface area (Å²) in [4.78, 5) is 38.2. The van der Waals surface area contributed by atoms with Gasteiger partial charge in [0.05, 0.1) is 0 Å². The fourth-order valence-corrected chi connectivity index (χ4v) is 11.0. The predicted octanol–water partition coefficient (Wildman–Crippen LogP) is 24.6. The van der Waals surface area contributed by atoms with Crippen LogP contribution in [0.2, 0.25) is 0 Å². The number of hydrogen-bond donors (Lipinski definition) is 0. The Hall–Kier alpha value is -2.11. The molecule has 0 fully saturated rings. The Bertz CT molecular complexity index is 1270. The van der Waals surface area contributed by atoms with E-state index in [9.17, 15) is 14.4 Å². The molecule has 0 aliphatic heterocycles. The monoisotopic (exact) mass is 1110 g/mol. The third-order valence-corrected chi connectivity index (χ3v) is 16.4. The molecule has 0 heterocycles. The fraction of sp³-hybridized carbons (Fsp3) is 0.904. The normalized spacial score (nSPS) is 12.1. The van der Waals surface area contributed by atoms with Gasteiger partial charge in [-0.2, -0.15) is 0 Å². The van der Waals surface area contributed by atoms with Crippen molar-refractivity contribution in [1.82, 2.24) is 0 Å². The van der Waals surface area contributed by atoms with Crippen LogP contribution >= 0.6 is 0 Å². The molecule has 0 saturated carbocycles. The molecule has 1 unspecified atom stereocenters. The van der Waals surface area contributed by atoms with Crippen LogP contribution in [0.15, 0.2) is 24.3 Å². The Kier molecular flexibility index (Phi) is 66.6. The van der Waals surface area contributed by atoms with E-state index in [1.165, 1.54) is 308 Å². The largest absolute Gasteiger partial charge is 0.462 e. The molecule has 0 saturated heterocycles. The van der Waals surface area contributed by atoms with Crippen LogP contribution < -0.4 is 0 Å². The van der Waals surface area contributed by atoms with Crippen LogP contribution in [0.25, 0.3) is 0 Å². The zero-order valence-corrected chi connectivity index (χ0v) is 53.7. The Labute approximate surface area is 493 Å². The summed E-state index contributed by atoms with van der Waals surface area (Å²) in [6.45, 7) is 6.68. The van der Waals surface area contributed by atoms with E-state index in [2.05, 4.69) is 45.1 Å². The molecule has 79 heavy (non-hydrogen) atoms. The molecule has 0 aromatic rings. The average molecular weight is 1110 g/mol. The molecule has 0 bridgehead atoms. The Morgan fingerprint density at radius 3 is 0.633 bits per heavy atom. The molecule has 0 aromatic carbocycles. The van der Waals surface area contributed by atoms with Crippen molar-refractivity contribution in [3.63, 3.8) is 0 Å². The summed E-state index contributed by atoms with van der Waals surface area (Å²) in [7, 11) is 0. The van der Waals surface area contributed by atoms with E-state index < -0.39 is 6.10 Å². The van der Waals surface area contributed by atoms with Crippen molar-refractivity contribution in [3.05, 3.63) is 24.3 Å².